The van der Waals surface area contributed by atoms with Gasteiger partial charge in [-0.25, -0.2) is 0 Å². The Morgan fingerprint density at radius 2 is 1.58 bits per heavy atom. The van der Waals surface area contributed by atoms with Gasteiger partial charge in [-0.1, -0.05) is 36.4 Å². The number of phenols is 1. The Hall–Kier alpha value is -2.85. The first-order valence-corrected chi connectivity index (χ1v) is 7.73. The Bertz CT molecular complexity index is 738. The number of epoxide rings is 1. The molecule has 0 bridgehead atoms. The first kappa shape index (κ1) is 16.0. The Balaban J connectivity index is 1.52. The summed E-state index contributed by atoms with van der Waals surface area (Å²) in [4.78, 5) is 11.8. The summed E-state index contributed by atoms with van der Waals surface area (Å²) < 4.78 is 10.6. The molecule has 24 heavy (non-hydrogen) atoms. The number of aromatic hydroxyl groups is 1. The number of rotatable bonds is 7. The molecular formula is C20H18O4. The van der Waals surface area contributed by atoms with Gasteiger partial charge in [0.15, 0.2) is 5.78 Å². The molecule has 1 saturated heterocycles. The third-order valence-corrected chi connectivity index (χ3v) is 3.49. The van der Waals surface area contributed by atoms with Gasteiger partial charge in [0.25, 0.3) is 0 Å². The van der Waals surface area contributed by atoms with E-state index in [2.05, 4.69) is 0 Å². The highest BCUT2D eigenvalue weighted by Gasteiger charge is 2.22. The molecule has 0 aromatic heterocycles. The minimum atomic E-state index is -0.103. The third-order valence-electron chi connectivity index (χ3n) is 3.49. The van der Waals surface area contributed by atoms with Gasteiger partial charge in [-0.2, -0.15) is 0 Å². The van der Waals surface area contributed by atoms with Crippen LogP contribution in [0.15, 0.2) is 60.7 Å². The zero-order valence-electron chi connectivity index (χ0n) is 13.1. The van der Waals surface area contributed by atoms with Gasteiger partial charge >= 0.3 is 0 Å². The van der Waals surface area contributed by atoms with Crippen molar-refractivity contribution in [2.75, 3.05) is 13.2 Å². The zero-order valence-corrected chi connectivity index (χ0v) is 13.1. The molecule has 3 rings (SSSR count). The average Bonchev–Trinajstić information content (AvgIpc) is 3.43. The maximum absolute atomic E-state index is 11.8. The van der Waals surface area contributed by atoms with Gasteiger partial charge in [-0.15, -0.1) is 0 Å². The number of phenolic OH excluding ortho intramolecular Hbond substituents is 1. The molecule has 1 N–H and O–H groups in total. The highest BCUT2D eigenvalue weighted by Crippen LogP contribution is 2.16. The molecule has 0 amide bonds. The van der Waals surface area contributed by atoms with E-state index in [0.29, 0.717) is 6.61 Å². The van der Waals surface area contributed by atoms with Crippen LogP contribution in [-0.4, -0.2) is 30.2 Å². The van der Waals surface area contributed by atoms with Crippen molar-refractivity contribution in [3.05, 3.63) is 71.8 Å². The van der Waals surface area contributed by atoms with E-state index in [-0.39, 0.29) is 17.6 Å². The molecule has 1 aliphatic heterocycles. The number of ketones is 1. The maximum Gasteiger partial charge on any atom is 0.178 e. The highest BCUT2D eigenvalue weighted by molar-refractivity contribution is 6.04. The molecule has 0 saturated carbocycles. The van der Waals surface area contributed by atoms with Crippen molar-refractivity contribution >= 4 is 17.9 Å². The summed E-state index contributed by atoms with van der Waals surface area (Å²) in [5, 5.41) is 9.21. The molecule has 1 atom stereocenters. The van der Waals surface area contributed by atoms with Crippen molar-refractivity contribution in [3.63, 3.8) is 0 Å². The van der Waals surface area contributed by atoms with Gasteiger partial charge < -0.3 is 14.6 Å². The maximum atomic E-state index is 11.8. The molecule has 122 valence electrons. The molecule has 4 nitrogen and oxygen atoms in total. The molecule has 0 spiro atoms. The predicted octanol–water partition coefficient (Wildman–Crippen LogP) is 3.47. The van der Waals surface area contributed by atoms with Gasteiger partial charge in [-0.05, 0) is 47.5 Å². The van der Waals surface area contributed by atoms with Crippen molar-refractivity contribution in [1.82, 2.24) is 0 Å². The third kappa shape index (κ3) is 5.11. The molecule has 0 radical (unpaired) electrons. The summed E-state index contributed by atoms with van der Waals surface area (Å²) in [6, 6.07) is 14.2. The number of carbonyl (C=O) groups is 1. The summed E-state index contributed by atoms with van der Waals surface area (Å²) in [6.45, 7) is 1.36. The van der Waals surface area contributed by atoms with Crippen LogP contribution in [0.25, 0.3) is 12.2 Å². The predicted molar refractivity (Wildman–Crippen MR) is 92.9 cm³/mol. The van der Waals surface area contributed by atoms with E-state index < -0.39 is 0 Å². The summed E-state index contributed by atoms with van der Waals surface area (Å²) in [7, 11) is 0. The lowest BCUT2D eigenvalue weighted by Crippen LogP contribution is -2.03. The fourth-order valence-electron chi connectivity index (χ4n) is 2.03. The fraction of sp³-hybridized carbons (Fsp3) is 0.150. The van der Waals surface area contributed by atoms with E-state index in [1.807, 2.05) is 24.3 Å². The minimum absolute atomic E-state index is 0.103. The first-order chi connectivity index (χ1) is 11.7. The molecule has 1 fully saturated rings. The van der Waals surface area contributed by atoms with Crippen LogP contribution in [0.4, 0.5) is 0 Å². The minimum Gasteiger partial charge on any atom is -0.508 e. The Morgan fingerprint density at radius 3 is 2.12 bits per heavy atom. The van der Waals surface area contributed by atoms with Crippen LogP contribution in [0.1, 0.15) is 11.1 Å². The van der Waals surface area contributed by atoms with Crippen LogP contribution >= 0.6 is 0 Å². The monoisotopic (exact) mass is 322 g/mol. The number of hydrogen-bond donors (Lipinski definition) is 1. The van der Waals surface area contributed by atoms with E-state index in [1.54, 1.807) is 36.4 Å². The number of carbonyl (C=O) groups excluding carboxylic acids is 1. The molecule has 1 unspecified atom stereocenters. The smallest absolute Gasteiger partial charge is 0.178 e. The van der Waals surface area contributed by atoms with Crippen LogP contribution in [0.5, 0.6) is 11.5 Å². The summed E-state index contributed by atoms with van der Waals surface area (Å²) >= 11 is 0. The molecule has 1 heterocycles. The summed E-state index contributed by atoms with van der Waals surface area (Å²) in [5.74, 6) is 0.894. The lowest BCUT2D eigenvalue weighted by atomic mass is 10.1. The molecular weight excluding hydrogens is 304 g/mol. The average molecular weight is 322 g/mol. The Kier molecular flexibility index (Phi) is 5.08. The number of benzene rings is 2. The molecule has 2 aromatic carbocycles. The van der Waals surface area contributed by atoms with Crippen molar-refractivity contribution in [1.29, 1.82) is 0 Å². The van der Waals surface area contributed by atoms with Crippen LogP contribution in [0.2, 0.25) is 0 Å². The number of hydrogen-bond acceptors (Lipinski definition) is 4. The number of allylic oxidation sites excluding steroid dienone is 2. The quantitative estimate of drug-likeness (QED) is 0.626. The van der Waals surface area contributed by atoms with Crippen molar-refractivity contribution < 1.29 is 19.4 Å². The fourth-order valence-corrected chi connectivity index (χ4v) is 2.03. The second kappa shape index (κ2) is 7.62. The Morgan fingerprint density at radius 1 is 1.04 bits per heavy atom. The van der Waals surface area contributed by atoms with E-state index in [9.17, 15) is 9.90 Å². The van der Waals surface area contributed by atoms with E-state index in [1.165, 1.54) is 12.2 Å². The van der Waals surface area contributed by atoms with Gasteiger partial charge in [0.05, 0.1) is 6.61 Å². The van der Waals surface area contributed by atoms with Crippen molar-refractivity contribution in [3.8, 4) is 11.5 Å². The van der Waals surface area contributed by atoms with Crippen LogP contribution in [0.3, 0.4) is 0 Å². The second-order valence-corrected chi connectivity index (χ2v) is 5.50. The van der Waals surface area contributed by atoms with Gasteiger partial charge in [-0.3, -0.25) is 4.79 Å². The lowest BCUT2D eigenvalue weighted by Gasteiger charge is -2.03. The molecule has 4 heteroatoms. The summed E-state index contributed by atoms with van der Waals surface area (Å²) in [6.07, 6.45) is 6.73. The molecule has 1 aliphatic rings. The second-order valence-electron chi connectivity index (χ2n) is 5.50. The van der Waals surface area contributed by atoms with Crippen LogP contribution < -0.4 is 4.74 Å². The van der Waals surface area contributed by atoms with Gasteiger partial charge in [0.1, 0.15) is 24.2 Å². The van der Waals surface area contributed by atoms with E-state index in [4.69, 9.17) is 9.47 Å². The normalized spacial score (nSPS) is 16.6. The molecule has 0 aliphatic carbocycles. The van der Waals surface area contributed by atoms with Crippen LogP contribution in [-0.2, 0) is 9.53 Å². The Labute approximate surface area is 140 Å². The SMILES string of the molecule is O=C(/C=C/c1ccc(O)cc1)/C=C/c1ccc(OCC2CO2)cc1. The van der Waals surface area contributed by atoms with Gasteiger partial charge in [0, 0.05) is 0 Å². The van der Waals surface area contributed by atoms with Crippen molar-refractivity contribution in [2.45, 2.75) is 6.10 Å². The topological polar surface area (TPSA) is 59.1 Å². The van der Waals surface area contributed by atoms with E-state index >= 15 is 0 Å². The molecule has 2 aromatic rings. The van der Waals surface area contributed by atoms with E-state index in [0.717, 1.165) is 23.5 Å². The van der Waals surface area contributed by atoms with Crippen LogP contribution in [0, 0.1) is 0 Å². The zero-order chi connectivity index (χ0) is 16.8. The number of ether oxygens (including phenoxy) is 2. The first-order valence-electron chi connectivity index (χ1n) is 7.73. The highest BCUT2D eigenvalue weighted by atomic mass is 16.6. The largest absolute Gasteiger partial charge is 0.508 e. The summed E-state index contributed by atoms with van der Waals surface area (Å²) in [5.41, 5.74) is 1.78. The van der Waals surface area contributed by atoms with Crippen molar-refractivity contribution in [2.24, 2.45) is 0 Å². The standard InChI is InChI=1S/C20H18O4/c21-17-7-1-15(2-8-17)3-9-18(22)10-4-16-5-11-19(12-6-16)23-13-20-14-24-20/h1-12,20-21H,13-14H2/b9-3+,10-4+. The van der Waals surface area contributed by atoms with Gasteiger partial charge in [0.2, 0.25) is 0 Å². The lowest BCUT2D eigenvalue weighted by molar-refractivity contribution is -0.110.